The molecule has 0 aliphatic carbocycles. The van der Waals surface area contributed by atoms with Crippen LogP contribution in [0, 0.1) is 6.92 Å². The fourth-order valence-corrected chi connectivity index (χ4v) is 3.13. The SMILES string of the molecule is COC(=O)[C@H](NS(=O)(=O)c1ccc(C)cc1)c1ccccc1. The molecule has 1 atom stereocenters. The van der Waals surface area contributed by atoms with Gasteiger partial charge in [-0.1, -0.05) is 48.0 Å². The second-order valence-corrected chi connectivity index (χ2v) is 6.52. The van der Waals surface area contributed by atoms with Gasteiger partial charge < -0.3 is 4.74 Å². The molecule has 0 saturated heterocycles. The molecule has 0 aliphatic heterocycles. The number of rotatable bonds is 5. The Morgan fingerprint density at radius 2 is 1.64 bits per heavy atom. The first-order valence-electron chi connectivity index (χ1n) is 6.66. The minimum absolute atomic E-state index is 0.0999. The van der Waals surface area contributed by atoms with Gasteiger partial charge in [0, 0.05) is 0 Å². The number of carbonyl (C=O) groups excluding carboxylic acids is 1. The zero-order valence-corrected chi connectivity index (χ0v) is 13.1. The Kier molecular flexibility index (Phi) is 4.95. The van der Waals surface area contributed by atoms with Gasteiger partial charge in [-0.3, -0.25) is 0 Å². The molecule has 0 aromatic heterocycles. The van der Waals surface area contributed by atoms with Gasteiger partial charge >= 0.3 is 5.97 Å². The summed E-state index contributed by atoms with van der Waals surface area (Å²) in [5, 5.41) is 0. The second kappa shape index (κ2) is 6.72. The summed E-state index contributed by atoms with van der Waals surface area (Å²) in [6.45, 7) is 1.87. The Balaban J connectivity index is 2.34. The van der Waals surface area contributed by atoms with Gasteiger partial charge in [-0.2, -0.15) is 4.72 Å². The number of sulfonamides is 1. The fraction of sp³-hybridized carbons (Fsp3) is 0.188. The minimum atomic E-state index is -3.83. The van der Waals surface area contributed by atoms with Crippen molar-refractivity contribution >= 4 is 16.0 Å². The third-order valence-electron chi connectivity index (χ3n) is 3.17. The number of benzene rings is 2. The van der Waals surface area contributed by atoms with E-state index in [0.717, 1.165) is 5.56 Å². The summed E-state index contributed by atoms with van der Waals surface area (Å²) in [6.07, 6.45) is 0. The molecule has 5 nitrogen and oxygen atoms in total. The van der Waals surface area contributed by atoms with E-state index in [-0.39, 0.29) is 4.90 Å². The number of aryl methyl sites for hydroxylation is 1. The zero-order valence-electron chi connectivity index (χ0n) is 12.3. The lowest BCUT2D eigenvalue weighted by Gasteiger charge is -2.17. The molecule has 0 heterocycles. The highest BCUT2D eigenvalue weighted by atomic mass is 32.2. The highest BCUT2D eigenvalue weighted by Crippen LogP contribution is 2.19. The molecule has 6 heteroatoms. The maximum absolute atomic E-state index is 12.4. The lowest BCUT2D eigenvalue weighted by Crippen LogP contribution is -2.34. The Hall–Kier alpha value is -2.18. The molecule has 0 radical (unpaired) electrons. The van der Waals surface area contributed by atoms with Crippen molar-refractivity contribution in [1.29, 1.82) is 0 Å². The van der Waals surface area contributed by atoms with Crippen LogP contribution >= 0.6 is 0 Å². The molecule has 2 rings (SSSR count). The van der Waals surface area contributed by atoms with Gasteiger partial charge in [-0.05, 0) is 24.6 Å². The van der Waals surface area contributed by atoms with Gasteiger partial charge in [0.25, 0.3) is 0 Å². The maximum Gasteiger partial charge on any atom is 0.328 e. The van der Waals surface area contributed by atoms with Crippen LogP contribution in [0.5, 0.6) is 0 Å². The van der Waals surface area contributed by atoms with E-state index in [1.54, 1.807) is 42.5 Å². The number of nitrogens with one attached hydrogen (secondary N) is 1. The summed E-state index contributed by atoms with van der Waals surface area (Å²) >= 11 is 0. The number of carbonyl (C=O) groups is 1. The van der Waals surface area contributed by atoms with Gasteiger partial charge in [0.15, 0.2) is 0 Å². The molecular formula is C16H17NO4S. The van der Waals surface area contributed by atoms with Crippen LogP contribution in [0.1, 0.15) is 17.2 Å². The first kappa shape index (κ1) is 16.2. The Morgan fingerprint density at radius 3 is 2.18 bits per heavy atom. The number of hydrogen-bond acceptors (Lipinski definition) is 4. The highest BCUT2D eigenvalue weighted by molar-refractivity contribution is 7.89. The van der Waals surface area contributed by atoms with E-state index >= 15 is 0 Å². The molecule has 0 amide bonds. The molecule has 0 aliphatic rings. The van der Waals surface area contributed by atoms with Crippen molar-refractivity contribution in [2.45, 2.75) is 17.9 Å². The van der Waals surface area contributed by atoms with Gasteiger partial charge in [-0.15, -0.1) is 0 Å². The van der Waals surface area contributed by atoms with Crippen molar-refractivity contribution in [1.82, 2.24) is 4.72 Å². The molecule has 0 saturated carbocycles. The van der Waals surface area contributed by atoms with Crippen molar-refractivity contribution in [2.75, 3.05) is 7.11 Å². The van der Waals surface area contributed by atoms with Crippen molar-refractivity contribution in [3.63, 3.8) is 0 Å². The van der Waals surface area contributed by atoms with E-state index < -0.39 is 22.0 Å². The third kappa shape index (κ3) is 3.72. The molecule has 1 N–H and O–H groups in total. The van der Waals surface area contributed by atoms with Crippen molar-refractivity contribution in [3.8, 4) is 0 Å². The molecule has 2 aromatic carbocycles. The Morgan fingerprint density at radius 1 is 1.05 bits per heavy atom. The first-order chi connectivity index (χ1) is 10.4. The number of hydrogen-bond donors (Lipinski definition) is 1. The van der Waals surface area contributed by atoms with Gasteiger partial charge in [0.2, 0.25) is 10.0 Å². The van der Waals surface area contributed by atoms with E-state index in [1.807, 2.05) is 6.92 Å². The second-order valence-electron chi connectivity index (χ2n) is 4.80. The average molecular weight is 319 g/mol. The van der Waals surface area contributed by atoms with E-state index in [4.69, 9.17) is 4.74 Å². The Bertz CT molecular complexity index is 739. The van der Waals surface area contributed by atoms with Crippen LogP contribution in [0.4, 0.5) is 0 Å². The zero-order chi connectivity index (χ0) is 16.2. The summed E-state index contributed by atoms with van der Waals surface area (Å²) in [5.41, 5.74) is 1.47. The minimum Gasteiger partial charge on any atom is -0.468 e. The molecule has 0 bridgehead atoms. The monoisotopic (exact) mass is 319 g/mol. The topological polar surface area (TPSA) is 72.5 Å². The molecule has 2 aromatic rings. The van der Waals surface area contributed by atoms with Crippen molar-refractivity contribution in [3.05, 3.63) is 65.7 Å². The lowest BCUT2D eigenvalue weighted by molar-refractivity contribution is -0.142. The number of methoxy groups -OCH3 is 1. The van der Waals surface area contributed by atoms with Crippen molar-refractivity contribution < 1.29 is 17.9 Å². The van der Waals surface area contributed by atoms with Crippen LogP contribution in [-0.4, -0.2) is 21.5 Å². The predicted octanol–water partition coefficient (Wildman–Crippen LogP) is 2.19. The van der Waals surface area contributed by atoms with Crippen LogP contribution in [0.15, 0.2) is 59.5 Å². The van der Waals surface area contributed by atoms with Crippen LogP contribution in [0.3, 0.4) is 0 Å². The van der Waals surface area contributed by atoms with Gasteiger partial charge in [0.1, 0.15) is 6.04 Å². The fourth-order valence-electron chi connectivity index (χ4n) is 1.96. The molecule has 0 spiro atoms. The largest absolute Gasteiger partial charge is 0.468 e. The average Bonchev–Trinajstić information content (AvgIpc) is 2.53. The van der Waals surface area contributed by atoms with Gasteiger partial charge in [0.05, 0.1) is 12.0 Å². The highest BCUT2D eigenvalue weighted by Gasteiger charge is 2.27. The summed E-state index contributed by atoms with van der Waals surface area (Å²) in [7, 11) is -2.61. The van der Waals surface area contributed by atoms with Crippen LogP contribution in [0.2, 0.25) is 0 Å². The third-order valence-corrected chi connectivity index (χ3v) is 4.61. The molecule has 0 unspecified atom stereocenters. The van der Waals surface area contributed by atoms with E-state index in [2.05, 4.69) is 4.72 Å². The number of esters is 1. The van der Waals surface area contributed by atoms with E-state index in [0.29, 0.717) is 5.56 Å². The van der Waals surface area contributed by atoms with E-state index in [1.165, 1.54) is 19.2 Å². The molecular weight excluding hydrogens is 302 g/mol. The standard InChI is InChI=1S/C16H17NO4S/c1-12-8-10-14(11-9-12)22(19,20)17-15(16(18)21-2)13-6-4-3-5-7-13/h3-11,15,17H,1-2H3/t15-/m1/s1. The van der Waals surface area contributed by atoms with Gasteiger partial charge in [-0.25, -0.2) is 13.2 Å². The predicted molar refractivity (Wildman–Crippen MR) is 82.7 cm³/mol. The van der Waals surface area contributed by atoms with Crippen LogP contribution in [-0.2, 0) is 19.6 Å². The number of ether oxygens (including phenoxy) is 1. The molecule has 116 valence electrons. The summed E-state index contributed by atoms with van der Waals surface area (Å²) in [4.78, 5) is 12.0. The summed E-state index contributed by atoms with van der Waals surface area (Å²) < 4.78 is 32.0. The normalized spacial score (nSPS) is 12.6. The van der Waals surface area contributed by atoms with E-state index in [9.17, 15) is 13.2 Å². The van der Waals surface area contributed by atoms with Crippen LogP contribution < -0.4 is 4.72 Å². The first-order valence-corrected chi connectivity index (χ1v) is 8.14. The van der Waals surface area contributed by atoms with Crippen molar-refractivity contribution in [2.24, 2.45) is 0 Å². The maximum atomic E-state index is 12.4. The summed E-state index contributed by atoms with van der Waals surface area (Å²) in [6, 6.07) is 13.9. The lowest BCUT2D eigenvalue weighted by atomic mass is 10.1. The molecule has 0 fully saturated rings. The Labute approximate surface area is 130 Å². The summed E-state index contributed by atoms with van der Waals surface area (Å²) in [5.74, 6) is -0.665. The molecule has 22 heavy (non-hydrogen) atoms. The quantitative estimate of drug-likeness (QED) is 0.858. The smallest absolute Gasteiger partial charge is 0.328 e. The van der Waals surface area contributed by atoms with Crippen LogP contribution in [0.25, 0.3) is 0 Å².